The molecule has 0 radical (unpaired) electrons. The summed E-state index contributed by atoms with van der Waals surface area (Å²) in [6.07, 6.45) is 0. The van der Waals surface area contributed by atoms with Crippen LogP contribution < -0.4 is 4.72 Å². The normalized spacial score (nSPS) is 15.0. The Morgan fingerprint density at radius 2 is 1.91 bits per heavy atom. The highest BCUT2D eigenvalue weighted by molar-refractivity contribution is 9.10. The van der Waals surface area contributed by atoms with Crippen LogP contribution in [0.1, 0.15) is 32.4 Å². The van der Waals surface area contributed by atoms with Crippen LogP contribution in [0.5, 0.6) is 0 Å². The van der Waals surface area contributed by atoms with Gasteiger partial charge in [-0.05, 0) is 42.8 Å². The molecule has 0 aliphatic carbocycles. The molecule has 1 aromatic rings. The van der Waals surface area contributed by atoms with E-state index in [4.69, 9.17) is 0 Å². The van der Waals surface area contributed by atoms with Gasteiger partial charge in [-0.2, -0.15) is 0 Å². The lowest BCUT2D eigenvalue weighted by Crippen LogP contribution is -2.41. The Bertz CT molecular complexity index is 587. The molecule has 22 heavy (non-hydrogen) atoms. The van der Waals surface area contributed by atoms with Gasteiger partial charge in [0.25, 0.3) is 0 Å². The second kappa shape index (κ2) is 7.50. The van der Waals surface area contributed by atoms with E-state index in [1.807, 2.05) is 20.8 Å². The summed E-state index contributed by atoms with van der Waals surface area (Å²) in [5.74, 6) is 2.73. The molecule has 1 N–H and O–H groups in total. The van der Waals surface area contributed by atoms with E-state index in [0.717, 1.165) is 0 Å². The quantitative estimate of drug-likeness (QED) is 0.455. The predicted molar refractivity (Wildman–Crippen MR) is 99.0 cm³/mol. The third-order valence-corrected chi connectivity index (χ3v) is 5.73. The molecule has 0 fully saturated rings. The first kappa shape index (κ1) is 19.7. The molecular weight excluding hydrogens is 381 g/mol. The second-order valence-electron chi connectivity index (χ2n) is 7.09. The summed E-state index contributed by atoms with van der Waals surface area (Å²) < 4.78 is 29.7. The molecule has 0 bridgehead atoms. The van der Waals surface area contributed by atoms with E-state index >= 15 is 0 Å². The van der Waals surface area contributed by atoms with Gasteiger partial charge < -0.3 is 4.55 Å². The van der Waals surface area contributed by atoms with Crippen LogP contribution in [0.25, 0.3) is 0 Å². The van der Waals surface area contributed by atoms with Gasteiger partial charge in [-0.25, -0.2) is 4.39 Å². The zero-order valence-electron chi connectivity index (χ0n) is 13.9. The van der Waals surface area contributed by atoms with Crippen molar-refractivity contribution in [1.82, 2.24) is 4.72 Å². The van der Waals surface area contributed by atoms with Gasteiger partial charge in [0.15, 0.2) is 0 Å². The van der Waals surface area contributed by atoms with E-state index in [2.05, 4.69) is 51.8 Å². The first-order chi connectivity index (χ1) is 9.92. The molecule has 0 aliphatic rings. The third-order valence-electron chi connectivity index (χ3n) is 2.67. The molecule has 122 valence electrons. The fourth-order valence-electron chi connectivity index (χ4n) is 1.49. The lowest BCUT2D eigenvalue weighted by molar-refractivity contribution is 0.533. The standard InChI is InChI=1S/C16H23BrFNOSSi/c1-16(2,3)21(20)19-14(10-11-22(4,5)6)12-8-7-9-13(17)15(12)18/h7-9,14,19H,1-6H3/t14-,21+/m1/s1. The van der Waals surface area contributed by atoms with Crippen molar-refractivity contribution in [1.29, 1.82) is 0 Å². The highest BCUT2D eigenvalue weighted by atomic mass is 79.9. The number of benzene rings is 1. The van der Waals surface area contributed by atoms with E-state index in [9.17, 15) is 8.94 Å². The molecule has 1 aromatic carbocycles. The number of rotatable bonds is 3. The monoisotopic (exact) mass is 403 g/mol. The SMILES string of the molecule is CC(C)(C)[S@+]([O-])N[C@H](C#C[Si](C)(C)C)c1cccc(Br)c1F. The van der Waals surface area contributed by atoms with Crippen LogP contribution in [0.3, 0.4) is 0 Å². The zero-order chi connectivity index (χ0) is 17.1. The number of hydrogen-bond donors (Lipinski definition) is 1. The summed E-state index contributed by atoms with van der Waals surface area (Å²) >= 11 is 1.86. The molecule has 0 aromatic heterocycles. The van der Waals surface area contributed by atoms with Crippen LogP contribution in [0, 0.1) is 17.3 Å². The van der Waals surface area contributed by atoms with Crippen LogP contribution in [0.4, 0.5) is 4.39 Å². The van der Waals surface area contributed by atoms with Crippen molar-refractivity contribution in [2.24, 2.45) is 0 Å². The van der Waals surface area contributed by atoms with Gasteiger partial charge in [-0.3, -0.25) is 0 Å². The van der Waals surface area contributed by atoms with Crippen molar-refractivity contribution < 1.29 is 8.94 Å². The fraction of sp³-hybridized carbons (Fsp3) is 0.500. The van der Waals surface area contributed by atoms with Crippen LogP contribution >= 0.6 is 15.9 Å². The van der Waals surface area contributed by atoms with E-state index in [1.54, 1.807) is 18.2 Å². The Labute approximate surface area is 145 Å². The first-order valence-corrected chi connectivity index (χ1v) is 12.5. The van der Waals surface area contributed by atoms with Gasteiger partial charge in [0.2, 0.25) is 0 Å². The van der Waals surface area contributed by atoms with Crippen molar-refractivity contribution >= 4 is 35.4 Å². The fourth-order valence-corrected chi connectivity index (χ4v) is 3.20. The summed E-state index contributed by atoms with van der Waals surface area (Å²) in [5.41, 5.74) is 3.65. The average molecular weight is 404 g/mol. The minimum atomic E-state index is -1.62. The molecular formula is C16H23BrFNOSSi. The van der Waals surface area contributed by atoms with Crippen molar-refractivity contribution in [3.05, 3.63) is 34.1 Å². The second-order valence-corrected chi connectivity index (χ2v) is 14.7. The molecule has 2 nitrogen and oxygen atoms in total. The molecule has 0 saturated carbocycles. The van der Waals surface area contributed by atoms with Crippen LogP contribution in [0.2, 0.25) is 19.6 Å². The van der Waals surface area contributed by atoms with Crippen molar-refractivity contribution in [2.45, 2.75) is 51.2 Å². The van der Waals surface area contributed by atoms with Gasteiger partial charge in [-0.15, -0.1) is 10.3 Å². The van der Waals surface area contributed by atoms with Crippen molar-refractivity contribution in [3.8, 4) is 11.5 Å². The summed E-state index contributed by atoms with van der Waals surface area (Å²) in [7, 11) is -1.62. The molecule has 0 heterocycles. The molecule has 0 aliphatic heterocycles. The Kier molecular flexibility index (Phi) is 6.72. The van der Waals surface area contributed by atoms with Gasteiger partial charge >= 0.3 is 0 Å². The third kappa shape index (κ3) is 6.05. The van der Waals surface area contributed by atoms with Gasteiger partial charge in [0, 0.05) is 16.9 Å². The predicted octanol–water partition coefficient (Wildman–Crippen LogP) is 4.56. The van der Waals surface area contributed by atoms with Crippen molar-refractivity contribution in [2.75, 3.05) is 0 Å². The average Bonchev–Trinajstić information content (AvgIpc) is 2.35. The van der Waals surface area contributed by atoms with E-state index in [0.29, 0.717) is 10.0 Å². The molecule has 1 rings (SSSR count). The van der Waals surface area contributed by atoms with Gasteiger partial charge in [0.05, 0.1) is 4.47 Å². The van der Waals surface area contributed by atoms with E-state index < -0.39 is 30.2 Å². The molecule has 0 unspecified atom stereocenters. The van der Waals surface area contributed by atoms with E-state index in [-0.39, 0.29) is 5.82 Å². The first-order valence-electron chi connectivity index (χ1n) is 7.06. The molecule has 0 amide bonds. The van der Waals surface area contributed by atoms with Crippen molar-refractivity contribution in [3.63, 3.8) is 0 Å². The van der Waals surface area contributed by atoms with E-state index in [1.165, 1.54) is 0 Å². The maximum absolute atomic E-state index is 14.4. The number of nitrogens with one attached hydrogen (secondary N) is 1. The molecule has 0 spiro atoms. The largest absolute Gasteiger partial charge is 0.598 e. The van der Waals surface area contributed by atoms with Gasteiger partial charge in [0.1, 0.15) is 24.7 Å². The Morgan fingerprint density at radius 3 is 2.41 bits per heavy atom. The Morgan fingerprint density at radius 1 is 1.32 bits per heavy atom. The number of hydrogen-bond acceptors (Lipinski definition) is 2. The maximum Gasteiger partial charge on any atom is 0.143 e. The smallest absolute Gasteiger partial charge is 0.143 e. The molecule has 0 saturated heterocycles. The maximum atomic E-state index is 14.4. The molecule has 2 atom stereocenters. The zero-order valence-corrected chi connectivity index (χ0v) is 17.3. The lowest BCUT2D eigenvalue weighted by atomic mass is 10.1. The minimum absolute atomic E-state index is 0.365. The number of halogens is 2. The Hall–Kier alpha value is -0.323. The topological polar surface area (TPSA) is 35.1 Å². The Balaban J connectivity index is 3.22. The minimum Gasteiger partial charge on any atom is -0.598 e. The molecule has 6 heteroatoms. The summed E-state index contributed by atoms with van der Waals surface area (Å²) in [6, 6.07) is 4.48. The van der Waals surface area contributed by atoms with Crippen LogP contribution in [0.15, 0.2) is 22.7 Å². The van der Waals surface area contributed by atoms with Gasteiger partial charge in [-0.1, -0.05) is 37.7 Å². The van der Waals surface area contributed by atoms with Crippen LogP contribution in [-0.2, 0) is 11.4 Å². The summed E-state index contributed by atoms with van der Waals surface area (Å²) in [6.45, 7) is 12.0. The summed E-state index contributed by atoms with van der Waals surface area (Å²) in [4.78, 5) is 0. The highest BCUT2D eigenvalue weighted by Gasteiger charge is 2.30. The summed E-state index contributed by atoms with van der Waals surface area (Å²) in [5, 5.41) is 0. The lowest BCUT2D eigenvalue weighted by Gasteiger charge is -2.26. The van der Waals surface area contributed by atoms with Crippen LogP contribution in [-0.4, -0.2) is 17.4 Å². The highest BCUT2D eigenvalue weighted by Crippen LogP contribution is 2.26.